The molecule has 0 atom stereocenters. The summed E-state index contributed by atoms with van der Waals surface area (Å²) in [4.78, 5) is 0. The predicted octanol–water partition coefficient (Wildman–Crippen LogP) is 0.136. The van der Waals surface area contributed by atoms with E-state index in [1.165, 1.54) is 0 Å². The molecule has 1 aromatic carbocycles. The molecule has 3 rings (SSSR count). The van der Waals surface area contributed by atoms with Gasteiger partial charge in [-0.2, -0.15) is 5.21 Å². The largest absolute Gasteiger partial charge is 0.488 e. The number of hydrogen-bond donors (Lipinski definition) is 0. The minimum Gasteiger partial charge on any atom is -0.488 e. The topological polar surface area (TPSA) is 80.5 Å². The van der Waals surface area contributed by atoms with Crippen LogP contribution in [-0.2, 0) is 6.61 Å². The van der Waals surface area contributed by atoms with Crippen LogP contribution in [0.3, 0.4) is 0 Å². The lowest BCUT2D eigenvalue weighted by atomic mass is 10.3. The normalized spacial score (nSPS) is 12.8. The zero-order valence-corrected chi connectivity index (χ0v) is 8.16. The summed E-state index contributed by atoms with van der Waals surface area (Å²) >= 11 is 0. The molecule has 1 aromatic heterocycles. The van der Waals surface area contributed by atoms with Gasteiger partial charge in [-0.05, 0) is 12.1 Å². The van der Waals surface area contributed by atoms with Gasteiger partial charge in [0.05, 0.1) is 0 Å². The molecular formula is C9H7N4O3-. The molecule has 0 amide bonds. The van der Waals surface area contributed by atoms with Crippen molar-refractivity contribution in [2.75, 3.05) is 6.79 Å². The highest BCUT2D eigenvalue weighted by Gasteiger charge is 2.13. The molecule has 0 saturated carbocycles. The Labute approximate surface area is 90.3 Å². The highest BCUT2D eigenvalue weighted by atomic mass is 16.7. The Morgan fingerprint density at radius 3 is 3.12 bits per heavy atom. The molecule has 1 aliphatic heterocycles. The van der Waals surface area contributed by atoms with E-state index in [-0.39, 0.29) is 13.4 Å². The molecule has 1 aliphatic rings. The number of fused-ring (bicyclic) bond motifs is 1. The molecule has 0 N–H and O–H groups in total. The van der Waals surface area contributed by atoms with Crippen molar-refractivity contribution in [1.82, 2.24) is 20.6 Å². The number of tetrazole rings is 1. The fourth-order valence-electron chi connectivity index (χ4n) is 1.34. The maximum atomic E-state index is 5.44. The lowest BCUT2D eigenvalue weighted by molar-refractivity contribution is 0.173. The molecule has 0 aliphatic carbocycles. The molecule has 2 heterocycles. The zero-order valence-electron chi connectivity index (χ0n) is 8.16. The summed E-state index contributed by atoms with van der Waals surface area (Å²) in [5.74, 6) is 2.50. The van der Waals surface area contributed by atoms with Gasteiger partial charge in [0, 0.05) is 11.9 Å². The summed E-state index contributed by atoms with van der Waals surface area (Å²) < 4.78 is 15.8. The van der Waals surface area contributed by atoms with Gasteiger partial charge in [0.2, 0.25) is 6.79 Å². The third-order valence-corrected chi connectivity index (χ3v) is 2.07. The van der Waals surface area contributed by atoms with E-state index in [2.05, 4.69) is 20.6 Å². The van der Waals surface area contributed by atoms with E-state index in [0.717, 1.165) is 5.75 Å². The summed E-state index contributed by atoms with van der Waals surface area (Å²) in [5.41, 5.74) is 0. The molecular weight excluding hydrogens is 212 g/mol. The minimum absolute atomic E-state index is 0.229. The molecule has 0 radical (unpaired) electrons. The number of nitrogens with zero attached hydrogens (tertiary/aromatic N) is 4. The van der Waals surface area contributed by atoms with Crippen molar-refractivity contribution in [2.24, 2.45) is 0 Å². The van der Waals surface area contributed by atoms with E-state index < -0.39 is 0 Å². The zero-order chi connectivity index (χ0) is 10.8. The van der Waals surface area contributed by atoms with Crippen molar-refractivity contribution < 1.29 is 14.2 Å². The Morgan fingerprint density at radius 2 is 2.25 bits per heavy atom. The van der Waals surface area contributed by atoms with Crippen LogP contribution in [0, 0.1) is 0 Å². The van der Waals surface area contributed by atoms with Crippen LogP contribution < -0.4 is 19.3 Å². The van der Waals surface area contributed by atoms with E-state index in [1.807, 2.05) is 0 Å². The molecule has 0 unspecified atom stereocenters. The maximum absolute atomic E-state index is 5.44. The van der Waals surface area contributed by atoms with E-state index in [0.29, 0.717) is 17.3 Å². The first-order valence-electron chi connectivity index (χ1n) is 4.62. The first-order valence-corrected chi connectivity index (χ1v) is 4.62. The Hall–Kier alpha value is -2.31. The second-order valence-electron chi connectivity index (χ2n) is 3.10. The number of ether oxygens (including phenoxy) is 3. The van der Waals surface area contributed by atoms with Crippen LogP contribution in [0.1, 0.15) is 5.82 Å². The van der Waals surface area contributed by atoms with Crippen LogP contribution in [0.2, 0.25) is 0 Å². The van der Waals surface area contributed by atoms with E-state index in [1.54, 1.807) is 18.2 Å². The van der Waals surface area contributed by atoms with Gasteiger partial charge in [-0.3, -0.25) is 10.3 Å². The van der Waals surface area contributed by atoms with Gasteiger partial charge < -0.3 is 19.3 Å². The average molecular weight is 219 g/mol. The lowest BCUT2D eigenvalue weighted by Crippen LogP contribution is -1.98. The standard InChI is InChI=1S/C9H7N4O3/c1-2-7-8(16-5-15-7)3-6(1)14-4-9-10-12-13-11-9/h1-3H,4-5H2/q-1. The van der Waals surface area contributed by atoms with Crippen LogP contribution in [0.5, 0.6) is 17.2 Å². The SMILES string of the molecule is c1cc2c(cc1OCc1nnn[n-]1)OCO2. The molecule has 0 fully saturated rings. The molecule has 16 heavy (non-hydrogen) atoms. The monoisotopic (exact) mass is 219 g/mol. The van der Waals surface area contributed by atoms with Gasteiger partial charge in [-0.1, -0.05) is 0 Å². The number of benzene rings is 1. The summed E-state index contributed by atoms with van der Waals surface area (Å²) in [6, 6.07) is 5.34. The van der Waals surface area contributed by atoms with Crippen LogP contribution in [0.4, 0.5) is 0 Å². The number of aromatic nitrogens is 4. The van der Waals surface area contributed by atoms with Crippen molar-refractivity contribution in [3.05, 3.63) is 24.0 Å². The summed E-state index contributed by atoms with van der Waals surface area (Å²) in [7, 11) is 0. The molecule has 7 heteroatoms. The Morgan fingerprint density at radius 1 is 1.31 bits per heavy atom. The van der Waals surface area contributed by atoms with E-state index in [4.69, 9.17) is 14.2 Å². The van der Waals surface area contributed by atoms with Gasteiger partial charge in [0.25, 0.3) is 0 Å². The Kier molecular flexibility index (Phi) is 2.06. The first kappa shape index (κ1) is 8.96. The Balaban J connectivity index is 1.71. The molecule has 0 spiro atoms. The quantitative estimate of drug-likeness (QED) is 0.726. The van der Waals surface area contributed by atoms with Gasteiger partial charge >= 0.3 is 0 Å². The fourth-order valence-corrected chi connectivity index (χ4v) is 1.34. The number of rotatable bonds is 3. The van der Waals surface area contributed by atoms with E-state index in [9.17, 15) is 0 Å². The average Bonchev–Trinajstić information content (AvgIpc) is 2.97. The van der Waals surface area contributed by atoms with Crippen molar-refractivity contribution >= 4 is 0 Å². The highest BCUT2D eigenvalue weighted by Crippen LogP contribution is 2.35. The smallest absolute Gasteiger partial charge is 0.231 e. The van der Waals surface area contributed by atoms with Crippen molar-refractivity contribution in [2.45, 2.75) is 6.61 Å². The molecule has 82 valence electrons. The van der Waals surface area contributed by atoms with Crippen molar-refractivity contribution in [3.8, 4) is 17.2 Å². The minimum atomic E-state index is 0.229. The lowest BCUT2D eigenvalue weighted by Gasteiger charge is -2.06. The fraction of sp³-hybridized carbons (Fsp3) is 0.222. The van der Waals surface area contributed by atoms with Crippen LogP contribution in [0.25, 0.3) is 0 Å². The summed E-state index contributed by atoms with van der Waals surface area (Å²) in [6.45, 7) is 0.477. The predicted molar refractivity (Wildman–Crippen MR) is 50.0 cm³/mol. The van der Waals surface area contributed by atoms with Gasteiger partial charge in [0.1, 0.15) is 12.4 Å². The second-order valence-corrected chi connectivity index (χ2v) is 3.10. The third kappa shape index (κ3) is 1.62. The summed E-state index contributed by atoms with van der Waals surface area (Å²) in [5, 5.41) is 14.0. The highest BCUT2D eigenvalue weighted by molar-refractivity contribution is 5.46. The maximum Gasteiger partial charge on any atom is 0.231 e. The molecule has 0 saturated heterocycles. The van der Waals surface area contributed by atoms with Gasteiger partial charge in [-0.25, -0.2) is 0 Å². The number of hydrogen-bond acceptors (Lipinski definition) is 6. The van der Waals surface area contributed by atoms with Crippen molar-refractivity contribution in [3.63, 3.8) is 0 Å². The molecule has 7 nitrogen and oxygen atoms in total. The molecule has 0 bridgehead atoms. The first-order chi connectivity index (χ1) is 7.92. The van der Waals surface area contributed by atoms with Crippen LogP contribution >= 0.6 is 0 Å². The van der Waals surface area contributed by atoms with Crippen molar-refractivity contribution in [1.29, 1.82) is 0 Å². The third-order valence-electron chi connectivity index (χ3n) is 2.07. The van der Waals surface area contributed by atoms with Gasteiger partial charge in [0.15, 0.2) is 11.5 Å². The van der Waals surface area contributed by atoms with Crippen LogP contribution in [-0.4, -0.2) is 22.3 Å². The summed E-state index contributed by atoms with van der Waals surface area (Å²) in [6.07, 6.45) is 0. The van der Waals surface area contributed by atoms with Gasteiger partial charge in [-0.15, -0.1) is 0 Å². The Bertz CT molecular complexity index is 486. The van der Waals surface area contributed by atoms with E-state index >= 15 is 0 Å². The van der Waals surface area contributed by atoms with Crippen LogP contribution in [0.15, 0.2) is 18.2 Å². The molecule has 2 aromatic rings. The second kappa shape index (κ2) is 3.69.